The van der Waals surface area contributed by atoms with Gasteiger partial charge in [-0.25, -0.2) is 5.43 Å². The van der Waals surface area contributed by atoms with Gasteiger partial charge >= 0.3 is 0 Å². The Morgan fingerprint density at radius 3 is 2.48 bits per heavy atom. The third-order valence-electron chi connectivity index (χ3n) is 9.30. The van der Waals surface area contributed by atoms with Crippen LogP contribution in [0.1, 0.15) is 79.2 Å². The van der Waals surface area contributed by atoms with Gasteiger partial charge in [0, 0.05) is 47.6 Å². The van der Waals surface area contributed by atoms with Gasteiger partial charge in [0.2, 0.25) is 5.78 Å². The van der Waals surface area contributed by atoms with Gasteiger partial charge in [0.05, 0.1) is 64.5 Å². The molecule has 0 spiro atoms. The molecule has 50 heavy (non-hydrogen) atoms. The Balaban J connectivity index is 1.46. The third-order valence-corrected chi connectivity index (χ3v) is 10.0. The molecule has 3 aromatic rings. The van der Waals surface area contributed by atoms with Crippen LogP contribution in [0.15, 0.2) is 41.5 Å². The number of halogens is 2. The number of amides is 1. The molecule has 1 fully saturated rings. The van der Waals surface area contributed by atoms with Gasteiger partial charge in [0.15, 0.2) is 12.1 Å². The first-order valence-corrected chi connectivity index (χ1v) is 16.2. The molecule has 8 N–H and O–H groups in total. The number of ketones is 2. The largest absolute Gasteiger partial charge is 0.507 e. The van der Waals surface area contributed by atoms with Gasteiger partial charge in [0.25, 0.3) is 5.91 Å². The van der Waals surface area contributed by atoms with Crippen molar-refractivity contribution in [3.8, 4) is 17.2 Å². The zero-order chi connectivity index (χ0) is 36.2. The number of rotatable bonds is 7. The van der Waals surface area contributed by atoms with E-state index >= 15 is 0 Å². The summed E-state index contributed by atoms with van der Waals surface area (Å²) in [6.07, 6.45) is -5.31. The van der Waals surface area contributed by atoms with Crippen LogP contribution in [-0.2, 0) is 15.9 Å². The lowest BCUT2D eigenvalue weighted by Crippen LogP contribution is -2.53. The molecule has 264 valence electrons. The molecular formula is C34H33Cl2N3O11. The highest BCUT2D eigenvalue weighted by Crippen LogP contribution is 2.52. The number of phenolic OH excluding ortho intramolecular Hbond substituents is 2. The second kappa shape index (κ2) is 13.5. The van der Waals surface area contributed by atoms with Crippen molar-refractivity contribution in [2.75, 3.05) is 13.7 Å². The summed E-state index contributed by atoms with van der Waals surface area (Å²) in [6.45, 7) is 0.684. The van der Waals surface area contributed by atoms with E-state index in [0.29, 0.717) is 0 Å². The quantitative estimate of drug-likeness (QED) is 0.0827. The van der Waals surface area contributed by atoms with Crippen molar-refractivity contribution in [1.29, 1.82) is 0 Å². The van der Waals surface area contributed by atoms with Crippen molar-refractivity contribution < 1.29 is 54.1 Å². The van der Waals surface area contributed by atoms with Crippen molar-refractivity contribution in [2.24, 2.45) is 10.8 Å². The molecule has 14 nitrogen and oxygen atoms in total. The summed E-state index contributed by atoms with van der Waals surface area (Å²) in [6, 6.07) is 7.66. The Morgan fingerprint density at radius 1 is 1.10 bits per heavy atom. The number of carbonyl (C=O) groups is 3. The van der Waals surface area contributed by atoms with Crippen molar-refractivity contribution in [1.82, 2.24) is 5.43 Å². The highest BCUT2D eigenvalue weighted by atomic mass is 35.5. The lowest BCUT2D eigenvalue weighted by Gasteiger charge is -2.43. The Bertz CT molecular complexity index is 1940. The zero-order valence-corrected chi connectivity index (χ0v) is 28.2. The van der Waals surface area contributed by atoms with E-state index in [1.807, 2.05) is 0 Å². The summed E-state index contributed by atoms with van der Waals surface area (Å²) in [5.41, 5.74) is 4.41. The minimum atomic E-state index is -2.18. The summed E-state index contributed by atoms with van der Waals surface area (Å²) >= 11 is 12.0. The fourth-order valence-electron chi connectivity index (χ4n) is 6.72. The summed E-state index contributed by atoms with van der Waals surface area (Å²) < 4.78 is 17.4. The average molecular weight is 731 g/mol. The molecule has 1 amide bonds. The molecule has 1 saturated heterocycles. The molecule has 0 bridgehead atoms. The molecule has 16 heteroatoms. The number of nitrogens with two attached hydrogens (primary N) is 1. The number of aromatic hydroxyl groups is 2. The molecule has 1 heterocycles. The molecule has 0 aromatic heterocycles. The Kier molecular flexibility index (Phi) is 9.67. The molecule has 6 rings (SSSR count). The number of nitrogens with zero attached hydrogens (tertiary/aromatic N) is 1. The third kappa shape index (κ3) is 6.01. The van der Waals surface area contributed by atoms with Gasteiger partial charge in [0.1, 0.15) is 22.8 Å². The highest BCUT2D eigenvalue weighted by Gasteiger charge is 2.49. The van der Waals surface area contributed by atoms with Gasteiger partial charge in [-0.2, -0.15) is 5.10 Å². The monoisotopic (exact) mass is 729 g/mol. The lowest BCUT2D eigenvalue weighted by molar-refractivity contribution is -0.245. The normalized spacial score (nSPS) is 26.2. The first kappa shape index (κ1) is 35.7. The van der Waals surface area contributed by atoms with Crippen molar-refractivity contribution in [3.05, 3.63) is 85.4 Å². The van der Waals surface area contributed by atoms with E-state index in [0.717, 1.165) is 0 Å². The van der Waals surface area contributed by atoms with Crippen LogP contribution < -0.4 is 15.9 Å². The highest BCUT2D eigenvalue weighted by molar-refractivity contribution is 6.42. The number of fused-ring (bicyclic) bond motifs is 3. The minimum Gasteiger partial charge on any atom is -0.507 e. The van der Waals surface area contributed by atoms with Crippen LogP contribution in [0, 0.1) is 0 Å². The van der Waals surface area contributed by atoms with E-state index in [4.69, 9.17) is 43.1 Å². The van der Waals surface area contributed by atoms with E-state index in [9.17, 15) is 39.9 Å². The summed E-state index contributed by atoms with van der Waals surface area (Å²) in [5, 5.41) is 60.7. The minimum absolute atomic E-state index is 0.0178. The van der Waals surface area contributed by atoms with Gasteiger partial charge in [-0.3, -0.25) is 14.4 Å². The topological polar surface area (TPSA) is 230 Å². The fourth-order valence-corrected chi connectivity index (χ4v) is 7.02. The standard InChI is InChI=1S/C34H33Cl2N3O11/c1-13-28(41)19(37)9-23(49-13)50-21-11-34(47,22(12-40)38-39-33(46)14-6-7-17(35)18(36)8-14)10-16-25(21)32(45)27-26(30(16)43)29(42)15-4-3-5-20(48-2)24(15)31(27)44/h3-8,13,19,21,23,28,40-41,43,45,47H,9-12,37H2,1-2H3,(H,39,46)/b38-22+/t13-,19-,21-,23-,28+,34-/m0/s1. The van der Waals surface area contributed by atoms with Crippen LogP contribution in [0.5, 0.6) is 17.2 Å². The molecule has 0 unspecified atom stereocenters. The Hall–Kier alpha value is -4.12. The van der Waals surface area contributed by atoms with E-state index in [2.05, 4.69) is 10.5 Å². The van der Waals surface area contributed by atoms with Gasteiger partial charge < -0.3 is 45.5 Å². The van der Waals surface area contributed by atoms with Crippen LogP contribution in [-0.4, -0.2) is 92.6 Å². The summed E-state index contributed by atoms with van der Waals surface area (Å²) in [5.74, 6) is -3.66. The lowest BCUT2D eigenvalue weighted by atomic mass is 9.71. The number of benzene rings is 3. The number of hydrazone groups is 1. The Morgan fingerprint density at radius 2 is 1.82 bits per heavy atom. The van der Waals surface area contributed by atoms with Gasteiger partial charge in [-0.05, 0) is 31.2 Å². The molecule has 1 aliphatic heterocycles. The van der Waals surface area contributed by atoms with Crippen LogP contribution in [0.25, 0.3) is 0 Å². The van der Waals surface area contributed by atoms with Crippen molar-refractivity contribution in [3.63, 3.8) is 0 Å². The number of aliphatic hydroxyl groups is 3. The SMILES string of the molecule is COc1cccc2c1C(=O)c1c(O)c3c(c(O)c1C2=O)C[C@@](O)(/C(CO)=N/NC(=O)c1ccc(Cl)c(Cl)c1)C[C@@H]3O[C@H]1C[C@H](N)[C@H](O)[C@H](C)O1. The molecule has 3 aliphatic rings. The van der Waals surface area contributed by atoms with Crippen LogP contribution in [0.3, 0.4) is 0 Å². The van der Waals surface area contributed by atoms with Crippen LogP contribution in [0.2, 0.25) is 10.0 Å². The van der Waals surface area contributed by atoms with Gasteiger partial charge in [-0.1, -0.05) is 35.3 Å². The Labute approximate surface area is 295 Å². The number of ether oxygens (including phenoxy) is 3. The summed E-state index contributed by atoms with van der Waals surface area (Å²) in [4.78, 5) is 40.7. The molecule has 2 aliphatic carbocycles. The maximum atomic E-state index is 13.9. The first-order chi connectivity index (χ1) is 23.7. The smallest absolute Gasteiger partial charge is 0.271 e. The van der Waals surface area contributed by atoms with E-state index in [-0.39, 0.29) is 55.7 Å². The maximum absolute atomic E-state index is 13.9. The van der Waals surface area contributed by atoms with Crippen LogP contribution in [0.4, 0.5) is 0 Å². The van der Waals surface area contributed by atoms with Crippen molar-refractivity contribution in [2.45, 2.75) is 62.4 Å². The molecule has 6 atom stereocenters. The first-order valence-electron chi connectivity index (χ1n) is 15.5. The molecule has 0 radical (unpaired) electrons. The average Bonchev–Trinajstić information content (AvgIpc) is 3.08. The number of phenols is 2. The van der Waals surface area contributed by atoms with E-state index in [1.54, 1.807) is 6.92 Å². The van der Waals surface area contributed by atoms with E-state index < -0.39 is 95.8 Å². The molecule has 0 saturated carbocycles. The number of hydrogen-bond donors (Lipinski definition) is 7. The molecule has 3 aromatic carbocycles. The summed E-state index contributed by atoms with van der Waals surface area (Å²) in [7, 11) is 1.32. The predicted molar refractivity (Wildman–Crippen MR) is 178 cm³/mol. The van der Waals surface area contributed by atoms with Crippen LogP contribution >= 0.6 is 23.2 Å². The number of nitrogens with one attached hydrogen (secondary N) is 1. The fraction of sp³-hybridized carbons (Fsp3) is 0.353. The number of methoxy groups -OCH3 is 1. The maximum Gasteiger partial charge on any atom is 0.271 e. The zero-order valence-electron chi connectivity index (χ0n) is 26.6. The predicted octanol–water partition coefficient (Wildman–Crippen LogP) is 2.52. The number of hydrogen-bond acceptors (Lipinski definition) is 13. The number of carbonyl (C=O) groups excluding carboxylic acids is 3. The second-order valence-electron chi connectivity index (χ2n) is 12.4. The van der Waals surface area contributed by atoms with Crippen molar-refractivity contribution >= 4 is 46.4 Å². The number of aliphatic hydroxyl groups excluding tert-OH is 2. The molecular weight excluding hydrogens is 697 g/mol. The van der Waals surface area contributed by atoms with Gasteiger partial charge in [-0.15, -0.1) is 0 Å². The second-order valence-corrected chi connectivity index (χ2v) is 13.2. The van der Waals surface area contributed by atoms with E-state index in [1.165, 1.54) is 43.5 Å².